The molecule has 3 aromatic carbocycles. The Kier molecular flexibility index (Phi) is 5.59. The van der Waals surface area contributed by atoms with Gasteiger partial charge in [0.05, 0.1) is 18.8 Å². The summed E-state index contributed by atoms with van der Waals surface area (Å²) >= 11 is 0. The summed E-state index contributed by atoms with van der Waals surface area (Å²) in [6.07, 6.45) is -0.531. The minimum absolute atomic E-state index is 0.0174. The number of hydrogen-bond acceptors (Lipinski definition) is 3. The molecule has 0 heterocycles. The fraction of sp³-hybridized carbons (Fsp3) is 0.238. The third-order valence-electron chi connectivity index (χ3n) is 4.18. The predicted molar refractivity (Wildman–Crippen MR) is 98.1 cm³/mol. The first-order valence-corrected chi connectivity index (χ1v) is 8.22. The molecule has 24 heavy (non-hydrogen) atoms. The Morgan fingerprint density at radius 1 is 0.917 bits per heavy atom. The van der Waals surface area contributed by atoms with Gasteiger partial charge in [0, 0.05) is 13.7 Å². The normalized spacial score (nSPS) is 13.8. The van der Waals surface area contributed by atoms with E-state index >= 15 is 0 Å². The molecule has 2 N–H and O–H groups in total. The van der Waals surface area contributed by atoms with Gasteiger partial charge in [-0.2, -0.15) is 0 Å². The highest BCUT2D eigenvalue weighted by Gasteiger charge is 2.17. The van der Waals surface area contributed by atoms with Crippen LogP contribution in [0, 0.1) is 0 Å². The summed E-state index contributed by atoms with van der Waals surface area (Å²) in [5.41, 5.74) is 2.39. The van der Waals surface area contributed by atoms with Crippen LogP contribution in [0.25, 0.3) is 10.8 Å². The monoisotopic (exact) mass is 321 g/mol. The van der Waals surface area contributed by atoms with Gasteiger partial charge in [0.1, 0.15) is 0 Å². The summed E-state index contributed by atoms with van der Waals surface area (Å²) in [6, 6.07) is 25.1. The summed E-state index contributed by atoms with van der Waals surface area (Å²) in [5.74, 6) is 0. The molecule has 0 bridgehead atoms. The van der Waals surface area contributed by atoms with Crippen molar-refractivity contribution in [2.75, 3.05) is 20.3 Å². The molecule has 0 aliphatic rings. The van der Waals surface area contributed by atoms with E-state index in [1.165, 1.54) is 21.9 Å². The lowest BCUT2D eigenvalue weighted by molar-refractivity contribution is 0.0635. The van der Waals surface area contributed by atoms with Gasteiger partial charge in [-0.1, -0.05) is 72.8 Å². The van der Waals surface area contributed by atoms with E-state index in [1.807, 2.05) is 18.2 Å². The Balaban J connectivity index is 1.97. The van der Waals surface area contributed by atoms with Gasteiger partial charge in [-0.05, 0) is 21.9 Å². The molecule has 0 spiro atoms. The average Bonchev–Trinajstić information content (AvgIpc) is 2.63. The Morgan fingerprint density at radius 3 is 2.42 bits per heavy atom. The maximum absolute atomic E-state index is 10.0. The molecule has 3 aromatic rings. The molecule has 0 fully saturated rings. The van der Waals surface area contributed by atoms with E-state index in [2.05, 4.69) is 59.9 Å². The first-order chi connectivity index (χ1) is 11.8. The number of aliphatic hydroxyl groups excluding tert-OH is 1. The highest BCUT2D eigenvalue weighted by molar-refractivity contribution is 5.86. The van der Waals surface area contributed by atoms with Crippen molar-refractivity contribution < 1.29 is 9.84 Å². The minimum Gasteiger partial charge on any atom is -0.389 e. The van der Waals surface area contributed by atoms with Crippen LogP contribution in [0.3, 0.4) is 0 Å². The molecule has 0 saturated heterocycles. The van der Waals surface area contributed by atoms with E-state index in [0.29, 0.717) is 13.2 Å². The molecule has 0 aliphatic carbocycles. The molecule has 2 unspecified atom stereocenters. The number of fused-ring (bicyclic) bond motifs is 1. The number of ether oxygens (including phenoxy) is 1. The van der Waals surface area contributed by atoms with E-state index in [1.54, 1.807) is 7.11 Å². The van der Waals surface area contributed by atoms with E-state index < -0.39 is 6.10 Å². The highest BCUT2D eigenvalue weighted by Crippen LogP contribution is 2.29. The second-order valence-corrected chi connectivity index (χ2v) is 5.93. The van der Waals surface area contributed by atoms with Crippen LogP contribution in [0.2, 0.25) is 0 Å². The first kappa shape index (κ1) is 16.7. The van der Waals surface area contributed by atoms with Gasteiger partial charge in [0.2, 0.25) is 0 Å². The second-order valence-electron chi connectivity index (χ2n) is 5.93. The Bertz CT molecular complexity index is 768. The highest BCUT2D eigenvalue weighted by atomic mass is 16.5. The summed E-state index contributed by atoms with van der Waals surface area (Å²) in [5, 5.41) is 16.0. The van der Waals surface area contributed by atoms with Gasteiger partial charge < -0.3 is 15.2 Å². The van der Waals surface area contributed by atoms with Crippen molar-refractivity contribution in [3.8, 4) is 0 Å². The molecule has 124 valence electrons. The first-order valence-electron chi connectivity index (χ1n) is 8.22. The quantitative estimate of drug-likeness (QED) is 0.699. The zero-order valence-corrected chi connectivity index (χ0v) is 13.9. The molecule has 0 amide bonds. The van der Waals surface area contributed by atoms with Crippen molar-refractivity contribution in [2.24, 2.45) is 0 Å². The SMILES string of the molecule is COCC(O)CNC(c1ccccc1)c1cccc2ccccc12. The molecule has 3 nitrogen and oxygen atoms in total. The lowest BCUT2D eigenvalue weighted by Gasteiger charge is -2.23. The van der Waals surface area contributed by atoms with Gasteiger partial charge in [-0.25, -0.2) is 0 Å². The minimum atomic E-state index is -0.531. The second kappa shape index (κ2) is 8.06. The summed E-state index contributed by atoms with van der Waals surface area (Å²) in [7, 11) is 1.60. The maximum atomic E-state index is 10.0. The summed E-state index contributed by atoms with van der Waals surface area (Å²) < 4.78 is 5.03. The molecule has 0 aromatic heterocycles. The van der Waals surface area contributed by atoms with E-state index in [-0.39, 0.29) is 6.04 Å². The number of nitrogens with one attached hydrogen (secondary N) is 1. The van der Waals surface area contributed by atoms with Gasteiger partial charge in [-0.3, -0.25) is 0 Å². The van der Waals surface area contributed by atoms with E-state index in [0.717, 1.165) is 0 Å². The van der Waals surface area contributed by atoms with Crippen LogP contribution in [0.15, 0.2) is 72.8 Å². The van der Waals surface area contributed by atoms with Crippen LogP contribution >= 0.6 is 0 Å². The Labute approximate surface area is 142 Å². The smallest absolute Gasteiger partial charge is 0.0897 e. The molecular weight excluding hydrogens is 298 g/mol. The molecule has 0 saturated carbocycles. The molecule has 0 radical (unpaired) electrons. The van der Waals surface area contributed by atoms with Crippen LogP contribution in [0.5, 0.6) is 0 Å². The van der Waals surface area contributed by atoms with Crippen LogP contribution < -0.4 is 5.32 Å². The van der Waals surface area contributed by atoms with Crippen LogP contribution in [-0.4, -0.2) is 31.5 Å². The van der Waals surface area contributed by atoms with Crippen molar-refractivity contribution >= 4 is 10.8 Å². The molecule has 2 atom stereocenters. The number of methoxy groups -OCH3 is 1. The lowest BCUT2D eigenvalue weighted by Crippen LogP contribution is -2.33. The van der Waals surface area contributed by atoms with Crippen LogP contribution in [0.4, 0.5) is 0 Å². The third kappa shape index (κ3) is 3.82. The molecule has 3 rings (SSSR count). The average molecular weight is 321 g/mol. The van der Waals surface area contributed by atoms with Crippen molar-refractivity contribution in [2.45, 2.75) is 12.1 Å². The number of aliphatic hydroxyl groups is 1. The van der Waals surface area contributed by atoms with Crippen LogP contribution in [-0.2, 0) is 4.74 Å². The molecule has 3 heteroatoms. The van der Waals surface area contributed by atoms with Gasteiger partial charge >= 0.3 is 0 Å². The summed E-state index contributed by atoms with van der Waals surface area (Å²) in [4.78, 5) is 0. The Hall–Kier alpha value is -2.20. The maximum Gasteiger partial charge on any atom is 0.0897 e. The van der Waals surface area contributed by atoms with Gasteiger partial charge in [0.25, 0.3) is 0 Å². The van der Waals surface area contributed by atoms with E-state index in [4.69, 9.17) is 4.74 Å². The predicted octanol–water partition coefficient (Wildman–Crippen LogP) is 3.53. The number of benzene rings is 3. The van der Waals surface area contributed by atoms with Crippen molar-refractivity contribution in [1.82, 2.24) is 5.32 Å². The standard InChI is InChI=1S/C21H23NO2/c1-24-15-18(23)14-22-21(17-9-3-2-4-10-17)20-13-7-11-16-8-5-6-12-19(16)20/h2-13,18,21-23H,14-15H2,1H3. The number of rotatable bonds is 7. The number of hydrogen-bond donors (Lipinski definition) is 2. The lowest BCUT2D eigenvalue weighted by atomic mass is 9.93. The van der Waals surface area contributed by atoms with Gasteiger partial charge in [-0.15, -0.1) is 0 Å². The molecular formula is C21H23NO2. The third-order valence-corrected chi connectivity index (χ3v) is 4.18. The van der Waals surface area contributed by atoms with Gasteiger partial charge in [0.15, 0.2) is 0 Å². The van der Waals surface area contributed by atoms with E-state index in [9.17, 15) is 5.11 Å². The van der Waals surface area contributed by atoms with Crippen molar-refractivity contribution in [3.05, 3.63) is 83.9 Å². The van der Waals surface area contributed by atoms with Crippen LogP contribution in [0.1, 0.15) is 17.2 Å². The van der Waals surface area contributed by atoms with Crippen molar-refractivity contribution in [1.29, 1.82) is 0 Å². The Morgan fingerprint density at radius 2 is 1.62 bits per heavy atom. The zero-order valence-electron chi connectivity index (χ0n) is 13.9. The molecule has 0 aliphatic heterocycles. The topological polar surface area (TPSA) is 41.5 Å². The fourth-order valence-corrected chi connectivity index (χ4v) is 3.06. The zero-order chi connectivity index (χ0) is 16.8. The fourth-order valence-electron chi connectivity index (χ4n) is 3.06. The van der Waals surface area contributed by atoms with Crippen molar-refractivity contribution in [3.63, 3.8) is 0 Å². The largest absolute Gasteiger partial charge is 0.389 e. The summed E-state index contributed by atoms with van der Waals surface area (Å²) in [6.45, 7) is 0.792.